The fraction of sp³-hybridized carbons (Fsp3) is 0.500. The Bertz CT molecular complexity index is 434. The molecule has 0 aliphatic rings. The summed E-state index contributed by atoms with van der Waals surface area (Å²) in [5.41, 5.74) is 0.792. The average molecular weight is 373 g/mol. The Morgan fingerprint density at radius 1 is 1.23 bits per heavy atom. The lowest BCUT2D eigenvalue weighted by molar-refractivity contribution is -0.120. The molecule has 0 bridgehead atoms. The van der Waals surface area contributed by atoms with Gasteiger partial charge < -0.3 is 20.7 Å². The number of carbonyl (C=O) groups is 1. The number of amides is 1. The molecule has 22 heavy (non-hydrogen) atoms. The van der Waals surface area contributed by atoms with Crippen LogP contribution >= 0.6 is 36.4 Å². The zero-order valence-electron chi connectivity index (χ0n) is 12.8. The molecule has 0 atom stereocenters. The zero-order chi connectivity index (χ0) is 14.8. The monoisotopic (exact) mass is 371 g/mol. The van der Waals surface area contributed by atoms with Crippen LogP contribution in [0.2, 0.25) is 5.02 Å². The number of anilines is 1. The highest BCUT2D eigenvalue weighted by molar-refractivity contribution is 6.30. The van der Waals surface area contributed by atoms with Gasteiger partial charge in [0.1, 0.15) is 5.75 Å². The summed E-state index contributed by atoms with van der Waals surface area (Å²) >= 11 is 5.93. The summed E-state index contributed by atoms with van der Waals surface area (Å²) in [6.45, 7) is 4.91. The van der Waals surface area contributed by atoms with Crippen molar-refractivity contribution in [2.24, 2.45) is 0 Å². The zero-order valence-corrected chi connectivity index (χ0v) is 15.2. The topological polar surface area (TPSA) is 62.4 Å². The first-order valence-electron chi connectivity index (χ1n) is 6.72. The van der Waals surface area contributed by atoms with E-state index in [1.165, 1.54) is 0 Å². The Morgan fingerprint density at radius 3 is 2.59 bits per heavy atom. The van der Waals surface area contributed by atoms with Crippen molar-refractivity contribution in [3.05, 3.63) is 23.2 Å². The van der Waals surface area contributed by atoms with Gasteiger partial charge in [0.15, 0.2) is 0 Å². The number of carbonyl (C=O) groups excluding carboxylic acids is 1. The molecule has 0 heterocycles. The normalized spacial score (nSPS) is 9.23. The summed E-state index contributed by atoms with van der Waals surface area (Å²) in [7, 11) is 1.60. The minimum atomic E-state index is 0. The maximum atomic E-state index is 11.6. The van der Waals surface area contributed by atoms with E-state index in [4.69, 9.17) is 16.3 Å². The van der Waals surface area contributed by atoms with Gasteiger partial charge in [-0.2, -0.15) is 0 Å². The van der Waals surface area contributed by atoms with E-state index < -0.39 is 0 Å². The van der Waals surface area contributed by atoms with Crippen LogP contribution in [-0.2, 0) is 4.79 Å². The van der Waals surface area contributed by atoms with Crippen molar-refractivity contribution >= 4 is 48.0 Å². The third-order valence-electron chi connectivity index (χ3n) is 2.70. The van der Waals surface area contributed by atoms with Gasteiger partial charge in [-0.3, -0.25) is 4.79 Å². The molecule has 0 aliphatic carbocycles. The summed E-state index contributed by atoms with van der Waals surface area (Å²) in [5, 5.41) is 9.77. The average Bonchev–Trinajstić information content (AvgIpc) is 2.44. The summed E-state index contributed by atoms with van der Waals surface area (Å²) < 4.78 is 5.22. The number of ether oxygens (including phenoxy) is 1. The summed E-state index contributed by atoms with van der Waals surface area (Å²) in [6.07, 6.45) is 0.405. The van der Waals surface area contributed by atoms with Crippen LogP contribution in [0.15, 0.2) is 18.2 Å². The standard InChI is InChI=1S/C14H22ClN3O2.2ClH/c1-3-16-8-9-18-14(19)6-7-17-12-10-11(15)4-5-13(12)20-2;;/h4-5,10,16-17H,3,6-9H2,1-2H3,(H,18,19);2*1H. The molecule has 0 saturated heterocycles. The second kappa shape index (κ2) is 13.8. The lowest BCUT2D eigenvalue weighted by Crippen LogP contribution is -2.32. The highest BCUT2D eigenvalue weighted by Gasteiger charge is 2.05. The predicted molar refractivity (Wildman–Crippen MR) is 97.2 cm³/mol. The largest absolute Gasteiger partial charge is 0.495 e. The minimum absolute atomic E-state index is 0. The van der Waals surface area contributed by atoms with Crippen molar-refractivity contribution in [2.75, 3.05) is 38.6 Å². The number of likely N-dealkylation sites (N-methyl/N-ethyl adjacent to an activating group) is 1. The number of rotatable bonds is 9. The van der Waals surface area contributed by atoms with E-state index in [1.54, 1.807) is 25.3 Å². The number of hydrogen-bond donors (Lipinski definition) is 3. The first-order valence-corrected chi connectivity index (χ1v) is 7.10. The molecule has 1 rings (SSSR count). The molecule has 0 aromatic heterocycles. The van der Waals surface area contributed by atoms with Crippen LogP contribution < -0.4 is 20.7 Å². The van der Waals surface area contributed by atoms with Gasteiger partial charge >= 0.3 is 0 Å². The predicted octanol–water partition coefficient (Wildman–Crippen LogP) is 2.72. The highest BCUT2D eigenvalue weighted by atomic mass is 35.5. The molecule has 0 spiro atoms. The molecule has 0 fully saturated rings. The minimum Gasteiger partial charge on any atom is -0.495 e. The fourth-order valence-electron chi connectivity index (χ4n) is 1.68. The van der Waals surface area contributed by atoms with Crippen molar-refractivity contribution in [1.82, 2.24) is 10.6 Å². The van der Waals surface area contributed by atoms with Crippen LogP contribution in [0.1, 0.15) is 13.3 Å². The molecule has 1 aromatic rings. The number of benzene rings is 1. The van der Waals surface area contributed by atoms with Crippen LogP contribution in [0.4, 0.5) is 5.69 Å². The Kier molecular flexibility index (Phi) is 14.6. The Labute approximate surface area is 149 Å². The van der Waals surface area contributed by atoms with E-state index >= 15 is 0 Å². The molecule has 1 aromatic carbocycles. The van der Waals surface area contributed by atoms with Gasteiger partial charge in [0.25, 0.3) is 0 Å². The Hall–Kier alpha value is -0.880. The van der Waals surface area contributed by atoms with Crippen LogP contribution in [0.5, 0.6) is 5.75 Å². The molecule has 0 aliphatic heterocycles. The van der Waals surface area contributed by atoms with E-state index in [0.29, 0.717) is 30.3 Å². The Morgan fingerprint density at radius 2 is 1.95 bits per heavy atom. The van der Waals surface area contributed by atoms with Crippen molar-refractivity contribution in [3.8, 4) is 5.75 Å². The summed E-state index contributed by atoms with van der Waals surface area (Å²) in [5.74, 6) is 0.735. The number of hydrogen-bond acceptors (Lipinski definition) is 4. The van der Waals surface area contributed by atoms with E-state index in [2.05, 4.69) is 16.0 Å². The first-order chi connectivity index (χ1) is 9.67. The van der Waals surface area contributed by atoms with Gasteiger partial charge in [-0.15, -0.1) is 24.8 Å². The van der Waals surface area contributed by atoms with Gasteiger partial charge in [-0.1, -0.05) is 18.5 Å². The van der Waals surface area contributed by atoms with E-state index in [1.807, 2.05) is 6.92 Å². The van der Waals surface area contributed by atoms with E-state index in [-0.39, 0.29) is 30.7 Å². The molecular weight excluding hydrogens is 349 g/mol. The van der Waals surface area contributed by atoms with Gasteiger partial charge in [0, 0.05) is 31.1 Å². The quantitative estimate of drug-likeness (QED) is 0.583. The van der Waals surface area contributed by atoms with E-state index in [0.717, 1.165) is 18.8 Å². The molecule has 1 amide bonds. The maximum Gasteiger partial charge on any atom is 0.221 e. The third-order valence-corrected chi connectivity index (χ3v) is 2.94. The van der Waals surface area contributed by atoms with Gasteiger partial charge in [-0.05, 0) is 24.7 Å². The van der Waals surface area contributed by atoms with Crippen molar-refractivity contribution in [2.45, 2.75) is 13.3 Å². The molecule has 5 nitrogen and oxygen atoms in total. The van der Waals surface area contributed by atoms with Crippen LogP contribution in [0, 0.1) is 0 Å². The second-order valence-electron chi connectivity index (χ2n) is 4.22. The fourth-order valence-corrected chi connectivity index (χ4v) is 1.86. The lowest BCUT2D eigenvalue weighted by Gasteiger charge is -2.11. The van der Waals surface area contributed by atoms with Crippen molar-refractivity contribution in [1.29, 1.82) is 0 Å². The molecule has 128 valence electrons. The molecule has 0 unspecified atom stereocenters. The highest BCUT2D eigenvalue weighted by Crippen LogP contribution is 2.27. The van der Waals surface area contributed by atoms with E-state index in [9.17, 15) is 4.79 Å². The van der Waals surface area contributed by atoms with Crippen molar-refractivity contribution < 1.29 is 9.53 Å². The van der Waals surface area contributed by atoms with Gasteiger partial charge in [0.05, 0.1) is 12.8 Å². The lowest BCUT2D eigenvalue weighted by atomic mass is 10.2. The summed E-state index contributed by atoms with van der Waals surface area (Å²) in [4.78, 5) is 11.6. The third kappa shape index (κ3) is 9.20. The van der Waals surface area contributed by atoms with Gasteiger partial charge in [0.2, 0.25) is 5.91 Å². The molecule has 0 saturated carbocycles. The maximum absolute atomic E-state index is 11.6. The van der Waals surface area contributed by atoms with Crippen LogP contribution in [0.3, 0.4) is 0 Å². The Balaban J connectivity index is 0. The van der Waals surface area contributed by atoms with Crippen molar-refractivity contribution in [3.63, 3.8) is 0 Å². The molecule has 8 heteroatoms. The molecule has 3 N–H and O–H groups in total. The smallest absolute Gasteiger partial charge is 0.221 e. The van der Waals surface area contributed by atoms with Crippen LogP contribution in [0.25, 0.3) is 0 Å². The number of methoxy groups -OCH3 is 1. The number of nitrogens with one attached hydrogen (secondary N) is 3. The van der Waals surface area contributed by atoms with Gasteiger partial charge in [-0.25, -0.2) is 0 Å². The van der Waals surface area contributed by atoms with Crippen LogP contribution in [-0.4, -0.2) is 39.2 Å². The first kappa shape index (κ1) is 23.4. The molecule has 0 radical (unpaired) electrons. The number of halogens is 3. The SMILES string of the molecule is CCNCCNC(=O)CCNc1cc(Cl)ccc1OC.Cl.Cl. The molecular formula is C14H24Cl3N3O2. The second-order valence-corrected chi connectivity index (χ2v) is 4.66. The summed E-state index contributed by atoms with van der Waals surface area (Å²) in [6, 6.07) is 5.34.